The van der Waals surface area contributed by atoms with Crippen molar-refractivity contribution in [1.29, 1.82) is 0 Å². The monoisotopic (exact) mass is 288 g/mol. The Bertz CT molecular complexity index is 537. The molecule has 3 rings (SSSR count). The van der Waals surface area contributed by atoms with Crippen LogP contribution in [0.25, 0.3) is 0 Å². The minimum absolute atomic E-state index is 0.724. The molecule has 2 aromatic rings. The van der Waals surface area contributed by atoms with Gasteiger partial charge in [-0.1, -0.05) is 23.2 Å². The molecule has 0 spiro atoms. The molecule has 0 unspecified atom stereocenters. The molecular weight excluding hydrogens is 279 g/mol. The van der Waals surface area contributed by atoms with Gasteiger partial charge in [0.2, 0.25) is 6.67 Å². The van der Waals surface area contributed by atoms with Crippen LogP contribution in [0.1, 0.15) is 0 Å². The highest BCUT2D eigenvalue weighted by Crippen LogP contribution is 2.28. The van der Waals surface area contributed by atoms with Gasteiger partial charge in [0.1, 0.15) is 0 Å². The van der Waals surface area contributed by atoms with Crippen LogP contribution in [0.4, 0.5) is 11.4 Å². The lowest BCUT2D eigenvalue weighted by molar-refractivity contribution is 1.11. The summed E-state index contributed by atoms with van der Waals surface area (Å²) >= 11 is 11.8. The van der Waals surface area contributed by atoms with E-state index in [1.54, 1.807) is 0 Å². The van der Waals surface area contributed by atoms with Crippen LogP contribution in [0.15, 0.2) is 60.9 Å². The maximum absolute atomic E-state index is 5.88. The van der Waals surface area contributed by atoms with Gasteiger partial charge in [-0.25, -0.2) is 0 Å². The predicted molar refractivity (Wildman–Crippen MR) is 80.2 cm³/mol. The van der Waals surface area contributed by atoms with Crippen LogP contribution in [0.3, 0.4) is 0 Å². The molecule has 94 valence electrons. The van der Waals surface area contributed by atoms with E-state index in [0.717, 1.165) is 21.4 Å². The lowest BCUT2D eigenvalue weighted by Gasteiger charge is -2.19. The lowest BCUT2D eigenvalue weighted by atomic mass is 10.3. The second kappa shape index (κ2) is 5.16. The molecule has 0 aromatic heterocycles. The standard InChI is InChI=1S/C15H10Cl2N2/c16-12-1-5-14(6-2-12)18-9-10-19(11-18)15-7-3-13(17)4-8-15/h1-10H. The molecule has 0 saturated carbocycles. The van der Waals surface area contributed by atoms with E-state index in [0.29, 0.717) is 0 Å². The van der Waals surface area contributed by atoms with Gasteiger partial charge in [0.15, 0.2) is 0 Å². The molecule has 1 aliphatic rings. The number of hydrogen-bond acceptors (Lipinski definition) is 2. The first kappa shape index (κ1) is 12.4. The molecule has 0 amide bonds. The summed E-state index contributed by atoms with van der Waals surface area (Å²) in [4.78, 5) is 3.82. The maximum Gasteiger partial charge on any atom is 0.217 e. The van der Waals surface area contributed by atoms with Gasteiger partial charge < -0.3 is 9.80 Å². The minimum Gasteiger partial charge on any atom is -0.315 e. The topological polar surface area (TPSA) is 6.48 Å². The second-order valence-electron chi connectivity index (χ2n) is 4.09. The summed E-state index contributed by atoms with van der Waals surface area (Å²) in [5.41, 5.74) is 2.02. The van der Waals surface area contributed by atoms with Gasteiger partial charge in [-0.3, -0.25) is 0 Å². The molecule has 1 heterocycles. The Morgan fingerprint density at radius 3 is 1.37 bits per heavy atom. The van der Waals surface area contributed by atoms with E-state index in [-0.39, 0.29) is 0 Å². The van der Waals surface area contributed by atoms with Crippen LogP contribution in [-0.2, 0) is 0 Å². The van der Waals surface area contributed by atoms with Gasteiger partial charge in [-0.2, -0.15) is 0 Å². The summed E-state index contributed by atoms with van der Waals surface area (Å²) in [5.74, 6) is 0. The van der Waals surface area contributed by atoms with Crippen molar-refractivity contribution >= 4 is 34.6 Å². The van der Waals surface area contributed by atoms with Gasteiger partial charge in [-0.05, 0) is 48.5 Å². The van der Waals surface area contributed by atoms with Crippen LogP contribution < -0.4 is 9.80 Å². The Morgan fingerprint density at radius 1 is 0.632 bits per heavy atom. The molecule has 0 N–H and O–H groups in total. The Balaban J connectivity index is 1.76. The summed E-state index contributed by atoms with van der Waals surface area (Å²) in [6, 6.07) is 15.2. The van der Waals surface area contributed by atoms with Crippen molar-refractivity contribution in [1.82, 2.24) is 0 Å². The summed E-state index contributed by atoms with van der Waals surface area (Å²) in [6.45, 7) is 3.23. The van der Waals surface area contributed by atoms with E-state index in [2.05, 4.69) is 6.67 Å². The lowest BCUT2D eigenvalue weighted by Crippen LogP contribution is -2.17. The molecular formula is C15H10Cl2N2. The fourth-order valence-corrected chi connectivity index (χ4v) is 2.06. The van der Waals surface area contributed by atoms with Crippen molar-refractivity contribution in [2.75, 3.05) is 9.80 Å². The third-order valence-corrected chi connectivity index (χ3v) is 3.29. The third-order valence-electron chi connectivity index (χ3n) is 2.79. The van der Waals surface area contributed by atoms with Crippen LogP contribution in [0.2, 0.25) is 10.0 Å². The molecule has 0 saturated heterocycles. The van der Waals surface area contributed by atoms with Gasteiger partial charge in [0.05, 0.1) is 0 Å². The first-order valence-electron chi connectivity index (χ1n) is 5.76. The number of nitrogens with zero attached hydrogens (tertiary/aromatic N) is 2. The van der Waals surface area contributed by atoms with E-state index in [4.69, 9.17) is 23.2 Å². The molecule has 0 bridgehead atoms. The van der Waals surface area contributed by atoms with Gasteiger partial charge in [0.25, 0.3) is 0 Å². The fraction of sp³-hybridized carbons (Fsp3) is 0. The van der Waals surface area contributed by atoms with Crippen LogP contribution in [0.5, 0.6) is 0 Å². The zero-order chi connectivity index (χ0) is 13.2. The largest absolute Gasteiger partial charge is 0.315 e. The molecule has 2 radical (unpaired) electrons. The zero-order valence-electron chi connectivity index (χ0n) is 9.92. The summed E-state index contributed by atoms with van der Waals surface area (Å²) in [6.07, 6.45) is 3.88. The molecule has 4 heteroatoms. The van der Waals surface area contributed by atoms with E-state index in [1.165, 1.54) is 0 Å². The first-order valence-corrected chi connectivity index (χ1v) is 6.52. The number of hydrogen-bond donors (Lipinski definition) is 0. The Morgan fingerprint density at radius 2 is 1.00 bits per heavy atom. The SMILES string of the molecule is Clc1ccc(N2[C]N(c3ccc(Cl)cc3)C=C2)cc1. The van der Waals surface area contributed by atoms with Crippen LogP contribution >= 0.6 is 23.2 Å². The molecule has 2 aromatic carbocycles. The smallest absolute Gasteiger partial charge is 0.217 e. The third kappa shape index (κ3) is 2.70. The molecule has 1 aliphatic heterocycles. The number of benzene rings is 2. The van der Waals surface area contributed by atoms with Crippen LogP contribution in [0, 0.1) is 6.67 Å². The quantitative estimate of drug-likeness (QED) is 0.784. The van der Waals surface area contributed by atoms with Crippen molar-refractivity contribution in [2.24, 2.45) is 0 Å². The van der Waals surface area contributed by atoms with Crippen molar-refractivity contribution in [3.63, 3.8) is 0 Å². The number of anilines is 2. The Labute approximate surface area is 122 Å². The summed E-state index contributed by atoms with van der Waals surface area (Å²) in [7, 11) is 0. The molecule has 19 heavy (non-hydrogen) atoms. The normalized spacial score (nSPS) is 14.2. The van der Waals surface area contributed by atoms with Crippen molar-refractivity contribution in [3.05, 3.63) is 77.6 Å². The maximum atomic E-state index is 5.88. The summed E-state index contributed by atoms with van der Waals surface area (Å²) < 4.78 is 0. The van der Waals surface area contributed by atoms with E-state index >= 15 is 0 Å². The average Bonchev–Trinajstić information content (AvgIpc) is 2.90. The minimum atomic E-state index is 0.724. The molecule has 0 aliphatic carbocycles. The second-order valence-corrected chi connectivity index (χ2v) is 4.96. The average molecular weight is 289 g/mol. The van der Waals surface area contributed by atoms with E-state index < -0.39 is 0 Å². The predicted octanol–water partition coefficient (Wildman–Crippen LogP) is 4.79. The Kier molecular flexibility index (Phi) is 3.36. The molecule has 0 fully saturated rings. The highest BCUT2D eigenvalue weighted by molar-refractivity contribution is 6.30. The van der Waals surface area contributed by atoms with Crippen molar-refractivity contribution in [2.45, 2.75) is 0 Å². The summed E-state index contributed by atoms with van der Waals surface area (Å²) in [5, 5.41) is 1.45. The van der Waals surface area contributed by atoms with Crippen molar-refractivity contribution in [3.8, 4) is 0 Å². The molecule has 0 atom stereocenters. The van der Waals surface area contributed by atoms with E-state index in [1.807, 2.05) is 70.7 Å². The van der Waals surface area contributed by atoms with Crippen molar-refractivity contribution < 1.29 is 0 Å². The zero-order valence-corrected chi connectivity index (χ0v) is 11.4. The fourth-order valence-electron chi connectivity index (χ4n) is 1.81. The highest BCUT2D eigenvalue weighted by atomic mass is 35.5. The number of rotatable bonds is 2. The van der Waals surface area contributed by atoms with Gasteiger partial charge >= 0.3 is 0 Å². The van der Waals surface area contributed by atoms with Crippen LogP contribution in [-0.4, -0.2) is 0 Å². The highest BCUT2D eigenvalue weighted by Gasteiger charge is 2.17. The van der Waals surface area contributed by atoms with E-state index in [9.17, 15) is 0 Å². The first-order chi connectivity index (χ1) is 9.22. The molecule has 2 nitrogen and oxygen atoms in total. The number of halogens is 2. The van der Waals surface area contributed by atoms with Gasteiger partial charge in [-0.15, -0.1) is 0 Å². The Hall–Kier alpha value is -1.64. The van der Waals surface area contributed by atoms with Gasteiger partial charge in [0, 0.05) is 33.8 Å².